The summed E-state index contributed by atoms with van der Waals surface area (Å²) in [5.74, 6) is -1.22. The SMILES string of the molecule is CCN(CC)S(=O)(=O)c1ccc(/C=C/C(=O)OC(C)C(=O)Nc2ccccc2Cl)cc1. The molecular formula is C22H25ClN2O5S. The van der Waals surface area contributed by atoms with Crippen molar-refractivity contribution in [1.29, 1.82) is 0 Å². The van der Waals surface area contributed by atoms with Crippen LogP contribution >= 0.6 is 11.6 Å². The van der Waals surface area contributed by atoms with Crippen LogP contribution in [0, 0.1) is 0 Å². The molecule has 0 aliphatic rings. The molecule has 0 heterocycles. The minimum Gasteiger partial charge on any atom is -0.449 e. The van der Waals surface area contributed by atoms with Gasteiger partial charge < -0.3 is 10.1 Å². The van der Waals surface area contributed by atoms with Gasteiger partial charge in [-0.15, -0.1) is 0 Å². The zero-order chi connectivity index (χ0) is 23.0. The van der Waals surface area contributed by atoms with Crippen molar-refractivity contribution in [1.82, 2.24) is 4.31 Å². The van der Waals surface area contributed by atoms with E-state index in [1.165, 1.54) is 35.5 Å². The second kappa shape index (κ2) is 11.1. The number of hydrogen-bond donors (Lipinski definition) is 1. The number of hydrogen-bond acceptors (Lipinski definition) is 5. The van der Waals surface area contributed by atoms with Crippen LogP contribution in [0.5, 0.6) is 0 Å². The molecule has 0 radical (unpaired) electrons. The Bertz CT molecular complexity index is 1050. The summed E-state index contributed by atoms with van der Waals surface area (Å²) in [6.07, 6.45) is 1.62. The zero-order valence-electron chi connectivity index (χ0n) is 17.5. The fourth-order valence-corrected chi connectivity index (χ4v) is 4.33. The molecule has 0 aliphatic carbocycles. The van der Waals surface area contributed by atoms with E-state index in [2.05, 4.69) is 5.32 Å². The third-order valence-corrected chi connectivity index (χ3v) is 6.82. The highest BCUT2D eigenvalue weighted by atomic mass is 35.5. The molecule has 9 heteroatoms. The number of rotatable bonds is 9. The maximum Gasteiger partial charge on any atom is 0.331 e. The van der Waals surface area contributed by atoms with Gasteiger partial charge in [0.25, 0.3) is 5.91 Å². The van der Waals surface area contributed by atoms with Crippen LogP contribution < -0.4 is 5.32 Å². The van der Waals surface area contributed by atoms with Crippen molar-refractivity contribution >= 4 is 45.3 Å². The van der Waals surface area contributed by atoms with Crippen molar-refractivity contribution in [2.24, 2.45) is 0 Å². The van der Waals surface area contributed by atoms with Crippen LogP contribution in [0.25, 0.3) is 6.08 Å². The summed E-state index contributed by atoms with van der Waals surface area (Å²) in [5.41, 5.74) is 1.04. The molecule has 1 atom stereocenters. The van der Waals surface area contributed by atoms with E-state index in [1.54, 1.807) is 50.2 Å². The van der Waals surface area contributed by atoms with Crippen LogP contribution in [0.2, 0.25) is 5.02 Å². The van der Waals surface area contributed by atoms with Gasteiger partial charge in [-0.1, -0.05) is 49.7 Å². The number of sulfonamides is 1. The van der Waals surface area contributed by atoms with E-state index in [-0.39, 0.29) is 4.90 Å². The number of halogens is 1. The standard InChI is InChI=1S/C22H25ClN2O5S/c1-4-25(5-2)31(28,29)18-13-10-17(11-14-18)12-15-21(26)30-16(3)22(27)24-20-9-7-6-8-19(20)23/h6-16H,4-5H2,1-3H3,(H,24,27)/b15-12+. The summed E-state index contributed by atoms with van der Waals surface area (Å²) < 4.78 is 31.5. The topological polar surface area (TPSA) is 92.8 Å². The first kappa shape index (κ1) is 24.6. The molecular weight excluding hydrogens is 440 g/mol. The van der Waals surface area contributed by atoms with Crippen molar-refractivity contribution in [2.45, 2.75) is 31.8 Å². The third-order valence-electron chi connectivity index (χ3n) is 4.43. The Morgan fingerprint density at radius 1 is 1.10 bits per heavy atom. The summed E-state index contributed by atoms with van der Waals surface area (Å²) >= 11 is 6.00. The van der Waals surface area contributed by atoms with Crippen molar-refractivity contribution in [3.05, 3.63) is 65.2 Å². The first-order valence-corrected chi connectivity index (χ1v) is 11.5. The lowest BCUT2D eigenvalue weighted by Crippen LogP contribution is -2.30. The summed E-state index contributed by atoms with van der Waals surface area (Å²) in [5, 5.41) is 2.97. The molecule has 0 aliphatic heterocycles. The number of benzene rings is 2. The quantitative estimate of drug-likeness (QED) is 0.448. The minimum atomic E-state index is -3.54. The molecule has 166 valence electrons. The number of nitrogens with zero attached hydrogens (tertiary/aromatic N) is 1. The highest BCUT2D eigenvalue weighted by molar-refractivity contribution is 7.89. The highest BCUT2D eigenvalue weighted by Crippen LogP contribution is 2.21. The van der Waals surface area contributed by atoms with Crippen molar-refractivity contribution in [3.8, 4) is 0 Å². The van der Waals surface area contributed by atoms with Gasteiger partial charge in [-0.3, -0.25) is 4.79 Å². The highest BCUT2D eigenvalue weighted by Gasteiger charge is 2.21. The van der Waals surface area contributed by atoms with E-state index in [0.29, 0.717) is 29.4 Å². The molecule has 2 rings (SSSR count). The molecule has 7 nitrogen and oxygen atoms in total. The average molecular weight is 465 g/mol. The van der Waals surface area contributed by atoms with E-state index >= 15 is 0 Å². The van der Waals surface area contributed by atoms with Crippen LogP contribution in [0.1, 0.15) is 26.3 Å². The van der Waals surface area contributed by atoms with E-state index in [1.807, 2.05) is 0 Å². The number of ether oxygens (including phenoxy) is 1. The van der Waals surface area contributed by atoms with Gasteiger partial charge in [-0.2, -0.15) is 4.31 Å². The van der Waals surface area contributed by atoms with Gasteiger partial charge in [-0.05, 0) is 42.8 Å². The molecule has 31 heavy (non-hydrogen) atoms. The summed E-state index contributed by atoms with van der Waals surface area (Å²) in [4.78, 5) is 24.4. The Kier molecular flexibility index (Phi) is 8.79. The number of amides is 1. The van der Waals surface area contributed by atoms with Crippen molar-refractivity contribution in [2.75, 3.05) is 18.4 Å². The Morgan fingerprint density at radius 3 is 2.29 bits per heavy atom. The molecule has 0 fully saturated rings. The van der Waals surface area contributed by atoms with Crippen LogP contribution in [0.4, 0.5) is 5.69 Å². The van der Waals surface area contributed by atoms with Gasteiger partial charge in [0.1, 0.15) is 0 Å². The number of carbonyl (C=O) groups excluding carboxylic acids is 2. The molecule has 1 unspecified atom stereocenters. The smallest absolute Gasteiger partial charge is 0.331 e. The average Bonchev–Trinajstić information content (AvgIpc) is 2.74. The van der Waals surface area contributed by atoms with Crippen LogP contribution in [0.15, 0.2) is 59.5 Å². The zero-order valence-corrected chi connectivity index (χ0v) is 19.1. The molecule has 2 aromatic rings. The van der Waals surface area contributed by atoms with E-state index < -0.39 is 28.0 Å². The normalized spacial score (nSPS) is 12.7. The van der Waals surface area contributed by atoms with E-state index in [9.17, 15) is 18.0 Å². The second-order valence-corrected chi connectivity index (χ2v) is 8.89. The second-order valence-electron chi connectivity index (χ2n) is 6.54. The number of carbonyl (C=O) groups is 2. The summed E-state index contributed by atoms with van der Waals surface area (Å²) in [6.45, 7) is 5.77. The number of anilines is 1. The van der Waals surface area contributed by atoms with Gasteiger partial charge in [0.15, 0.2) is 6.10 Å². The predicted octanol–water partition coefficient (Wildman–Crippen LogP) is 3.95. The molecule has 0 spiro atoms. The molecule has 0 bridgehead atoms. The van der Waals surface area contributed by atoms with Gasteiger partial charge in [0.2, 0.25) is 10.0 Å². The van der Waals surface area contributed by atoms with Crippen LogP contribution in [-0.2, 0) is 24.3 Å². The number of nitrogens with one attached hydrogen (secondary N) is 1. The van der Waals surface area contributed by atoms with Gasteiger partial charge in [0.05, 0.1) is 15.6 Å². The van der Waals surface area contributed by atoms with Crippen LogP contribution in [0.3, 0.4) is 0 Å². The largest absolute Gasteiger partial charge is 0.449 e. The maximum absolute atomic E-state index is 12.5. The molecule has 0 aromatic heterocycles. The Labute approximate surface area is 187 Å². The van der Waals surface area contributed by atoms with Gasteiger partial charge >= 0.3 is 5.97 Å². The lowest BCUT2D eigenvalue weighted by Gasteiger charge is -2.18. The monoisotopic (exact) mass is 464 g/mol. The number of para-hydroxylation sites is 1. The first-order chi connectivity index (χ1) is 14.7. The summed E-state index contributed by atoms with van der Waals surface area (Å²) in [7, 11) is -3.54. The van der Waals surface area contributed by atoms with E-state index in [4.69, 9.17) is 16.3 Å². The first-order valence-electron chi connectivity index (χ1n) is 9.73. The summed E-state index contributed by atoms with van der Waals surface area (Å²) in [6, 6.07) is 12.9. The van der Waals surface area contributed by atoms with Gasteiger partial charge in [0, 0.05) is 19.2 Å². The third kappa shape index (κ3) is 6.65. The molecule has 2 aromatic carbocycles. The van der Waals surface area contributed by atoms with Crippen molar-refractivity contribution < 1.29 is 22.7 Å². The lowest BCUT2D eigenvalue weighted by atomic mass is 10.2. The molecule has 1 amide bonds. The van der Waals surface area contributed by atoms with Crippen molar-refractivity contribution in [3.63, 3.8) is 0 Å². The maximum atomic E-state index is 12.5. The van der Waals surface area contributed by atoms with Gasteiger partial charge in [-0.25, -0.2) is 13.2 Å². The Hall–Kier alpha value is -2.68. The fourth-order valence-electron chi connectivity index (χ4n) is 2.69. The fraction of sp³-hybridized carbons (Fsp3) is 0.273. The Morgan fingerprint density at radius 2 is 1.71 bits per heavy atom. The number of esters is 1. The minimum absolute atomic E-state index is 0.181. The van der Waals surface area contributed by atoms with Crippen LogP contribution in [-0.4, -0.2) is 43.8 Å². The molecule has 0 saturated carbocycles. The Balaban J connectivity index is 1.97. The molecule has 1 N–H and O–H groups in total. The van der Waals surface area contributed by atoms with E-state index in [0.717, 1.165) is 0 Å². The molecule has 0 saturated heterocycles. The predicted molar refractivity (Wildman–Crippen MR) is 121 cm³/mol. The lowest BCUT2D eigenvalue weighted by molar-refractivity contribution is -0.148.